The highest BCUT2D eigenvalue weighted by molar-refractivity contribution is 7.13. The van der Waals surface area contributed by atoms with Crippen molar-refractivity contribution in [1.82, 2.24) is 9.88 Å². The average molecular weight is 329 g/mol. The minimum atomic E-state index is -0.386. The quantitative estimate of drug-likeness (QED) is 0.935. The van der Waals surface area contributed by atoms with Gasteiger partial charge in [0.1, 0.15) is 5.60 Å². The van der Waals surface area contributed by atoms with Gasteiger partial charge in [-0.25, -0.2) is 9.78 Å². The molecule has 120 valence electrons. The first-order chi connectivity index (χ1) is 11.2. The number of benzene rings is 1. The Morgan fingerprint density at radius 2 is 1.87 bits per heavy atom. The Morgan fingerprint density at radius 1 is 1.17 bits per heavy atom. The van der Waals surface area contributed by atoms with Crippen LogP contribution in [0, 0.1) is 0 Å². The fraction of sp³-hybridized carbons (Fsp3) is 0.412. The van der Waals surface area contributed by atoms with Crippen molar-refractivity contribution in [2.75, 3.05) is 25.0 Å². The molecule has 2 bridgehead atoms. The van der Waals surface area contributed by atoms with Crippen LogP contribution in [0.4, 0.5) is 10.6 Å². The molecule has 3 saturated heterocycles. The van der Waals surface area contributed by atoms with Gasteiger partial charge in [0.25, 0.3) is 0 Å². The van der Waals surface area contributed by atoms with Crippen LogP contribution in [-0.4, -0.2) is 41.2 Å². The molecule has 0 atom stereocenters. The number of ether oxygens (including phenoxy) is 1. The van der Waals surface area contributed by atoms with Gasteiger partial charge < -0.3 is 9.64 Å². The van der Waals surface area contributed by atoms with Crippen LogP contribution in [-0.2, 0) is 4.74 Å². The molecule has 0 radical (unpaired) electrons. The molecule has 0 aliphatic carbocycles. The number of hydrogen-bond donors (Lipinski definition) is 1. The summed E-state index contributed by atoms with van der Waals surface area (Å²) < 4.78 is 5.82. The fourth-order valence-electron chi connectivity index (χ4n) is 3.40. The van der Waals surface area contributed by atoms with Crippen LogP contribution in [0.25, 0.3) is 10.4 Å². The first-order valence-corrected chi connectivity index (χ1v) is 8.83. The lowest BCUT2D eigenvalue weighted by atomic mass is 9.83. The zero-order valence-corrected chi connectivity index (χ0v) is 13.6. The fourth-order valence-corrected chi connectivity index (χ4v) is 4.15. The smallest absolute Gasteiger partial charge is 0.413 e. The summed E-state index contributed by atoms with van der Waals surface area (Å²) in [6.45, 7) is 3.08. The molecule has 3 fully saturated rings. The van der Waals surface area contributed by atoms with Gasteiger partial charge in [-0.1, -0.05) is 30.3 Å². The third-order valence-corrected chi connectivity index (χ3v) is 5.66. The standard InChI is InChI=1S/C17H19N3O2S/c21-16(22-17-6-9-20(10-7-17)11-8-17)19-15-14(23-12-18-15)13-4-2-1-3-5-13/h1-5,12H,6-11H2,(H,19,21). The number of amides is 1. The van der Waals surface area contributed by atoms with Crippen molar-refractivity contribution in [3.63, 3.8) is 0 Å². The Kier molecular flexibility index (Phi) is 3.79. The molecule has 2 aromatic rings. The van der Waals surface area contributed by atoms with Crippen molar-refractivity contribution in [1.29, 1.82) is 0 Å². The molecule has 1 N–H and O–H groups in total. The van der Waals surface area contributed by atoms with E-state index < -0.39 is 0 Å². The number of carbonyl (C=O) groups is 1. The third-order valence-electron chi connectivity index (χ3n) is 4.78. The number of nitrogens with one attached hydrogen (secondary N) is 1. The number of aromatic nitrogens is 1. The van der Waals surface area contributed by atoms with Crippen molar-refractivity contribution in [2.45, 2.75) is 24.9 Å². The molecule has 23 heavy (non-hydrogen) atoms. The van der Waals surface area contributed by atoms with Gasteiger partial charge in [0.15, 0.2) is 5.82 Å². The number of fused-ring (bicyclic) bond motifs is 3. The predicted octanol–water partition coefficient (Wildman–Crippen LogP) is 3.60. The van der Waals surface area contributed by atoms with Crippen LogP contribution in [0.15, 0.2) is 35.8 Å². The van der Waals surface area contributed by atoms with E-state index in [2.05, 4.69) is 15.2 Å². The molecule has 0 unspecified atom stereocenters. The van der Waals surface area contributed by atoms with Gasteiger partial charge in [-0.2, -0.15) is 0 Å². The summed E-state index contributed by atoms with van der Waals surface area (Å²) in [6.07, 6.45) is 2.41. The summed E-state index contributed by atoms with van der Waals surface area (Å²) in [5.41, 5.74) is 2.52. The van der Waals surface area contributed by atoms with Gasteiger partial charge in [0.05, 0.1) is 10.4 Å². The number of carbonyl (C=O) groups excluding carboxylic acids is 1. The molecule has 6 heteroatoms. The number of thiazole rings is 1. The summed E-state index contributed by atoms with van der Waals surface area (Å²) in [5.74, 6) is 0.579. The van der Waals surface area contributed by atoms with Gasteiger partial charge >= 0.3 is 6.09 Å². The number of piperidine rings is 3. The minimum Gasteiger partial charge on any atom is -0.443 e. The van der Waals surface area contributed by atoms with Crippen LogP contribution in [0.1, 0.15) is 19.3 Å². The number of hydrogen-bond acceptors (Lipinski definition) is 5. The van der Waals surface area contributed by atoms with Crippen molar-refractivity contribution >= 4 is 23.2 Å². The second-order valence-corrected chi connectivity index (χ2v) is 7.04. The largest absolute Gasteiger partial charge is 0.443 e. The lowest BCUT2D eigenvalue weighted by Crippen LogP contribution is -2.54. The summed E-state index contributed by atoms with van der Waals surface area (Å²) in [6, 6.07) is 9.96. The second kappa shape index (κ2) is 5.94. The maximum atomic E-state index is 12.4. The van der Waals surface area contributed by atoms with Crippen LogP contribution in [0.5, 0.6) is 0 Å². The highest BCUT2D eigenvalue weighted by Crippen LogP contribution is 2.36. The third kappa shape index (κ3) is 2.96. The SMILES string of the molecule is O=C(Nc1ncsc1-c1ccccc1)OC12CCN(CC1)CC2. The Balaban J connectivity index is 1.46. The molecule has 5 nitrogen and oxygen atoms in total. The molecule has 3 aliphatic heterocycles. The maximum Gasteiger partial charge on any atom is 0.413 e. The van der Waals surface area contributed by atoms with Gasteiger partial charge in [0.2, 0.25) is 0 Å². The lowest BCUT2D eigenvalue weighted by molar-refractivity contribution is -0.0742. The Bertz CT molecular complexity index is 679. The lowest BCUT2D eigenvalue weighted by Gasteiger charge is -2.47. The zero-order chi connectivity index (χ0) is 15.7. The summed E-state index contributed by atoms with van der Waals surface area (Å²) >= 11 is 1.52. The minimum absolute atomic E-state index is 0.276. The van der Waals surface area contributed by atoms with E-state index in [1.54, 1.807) is 5.51 Å². The van der Waals surface area contributed by atoms with E-state index in [1.165, 1.54) is 11.3 Å². The normalized spacial score (nSPS) is 26.0. The maximum absolute atomic E-state index is 12.4. The average Bonchev–Trinajstić information content (AvgIpc) is 3.05. The monoisotopic (exact) mass is 329 g/mol. The van der Waals surface area contributed by atoms with Gasteiger partial charge in [-0.15, -0.1) is 11.3 Å². The summed E-state index contributed by atoms with van der Waals surface area (Å²) in [7, 11) is 0. The topological polar surface area (TPSA) is 54.5 Å². The molecular weight excluding hydrogens is 310 g/mol. The Hall–Kier alpha value is -1.92. The molecule has 0 spiro atoms. The summed E-state index contributed by atoms with van der Waals surface area (Å²) in [5, 5.41) is 2.84. The zero-order valence-electron chi connectivity index (χ0n) is 12.8. The summed E-state index contributed by atoms with van der Waals surface area (Å²) in [4.78, 5) is 20.0. The number of rotatable bonds is 3. The van der Waals surface area contributed by atoms with E-state index in [9.17, 15) is 4.79 Å². The number of anilines is 1. The molecule has 1 aromatic carbocycles. The van der Waals surface area contributed by atoms with Crippen LogP contribution in [0.3, 0.4) is 0 Å². The van der Waals surface area contributed by atoms with Gasteiger partial charge in [-0.3, -0.25) is 5.32 Å². The first kappa shape index (κ1) is 14.7. The van der Waals surface area contributed by atoms with Crippen molar-refractivity contribution in [3.05, 3.63) is 35.8 Å². The van der Waals surface area contributed by atoms with Crippen LogP contribution in [0.2, 0.25) is 0 Å². The van der Waals surface area contributed by atoms with Crippen LogP contribution < -0.4 is 5.32 Å². The van der Waals surface area contributed by atoms with E-state index in [0.717, 1.165) is 49.3 Å². The van der Waals surface area contributed by atoms with E-state index in [4.69, 9.17) is 4.74 Å². The number of nitrogens with zero attached hydrogens (tertiary/aromatic N) is 2. The van der Waals surface area contributed by atoms with Crippen molar-refractivity contribution < 1.29 is 9.53 Å². The molecule has 1 amide bonds. The molecule has 1 aromatic heterocycles. The highest BCUT2D eigenvalue weighted by atomic mass is 32.1. The molecule has 0 saturated carbocycles. The van der Waals surface area contributed by atoms with E-state index in [0.29, 0.717) is 5.82 Å². The van der Waals surface area contributed by atoms with Crippen molar-refractivity contribution in [2.24, 2.45) is 0 Å². The first-order valence-electron chi connectivity index (χ1n) is 7.95. The van der Waals surface area contributed by atoms with Crippen LogP contribution >= 0.6 is 11.3 Å². The molecular formula is C17H19N3O2S. The highest BCUT2D eigenvalue weighted by Gasteiger charge is 2.42. The predicted molar refractivity (Wildman–Crippen MR) is 90.7 cm³/mol. The second-order valence-electron chi connectivity index (χ2n) is 6.19. The van der Waals surface area contributed by atoms with E-state index >= 15 is 0 Å². The van der Waals surface area contributed by atoms with E-state index in [-0.39, 0.29) is 11.7 Å². The van der Waals surface area contributed by atoms with E-state index in [1.807, 2.05) is 30.3 Å². The van der Waals surface area contributed by atoms with Gasteiger partial charge in [0, 0.05) is 38.9 Å². The molecule has 5 rings (SSSR count). The Labute approximate surface area is 139 Å². The Morgan fingerprint density at radius 3 is 2.57 bits per heavy atom. The van der Waals surface area contributed by atoms with Gasteiger partial charge in [-0.05, 0) is 5.56 Å². The molecule has 3 aliphatic rings. The van der Waals surface area contributed by atoms with Crippen molar-refractivity contribution in [3.8, 4) is 10.4 Å². The molecule has 4 heterocycles.